The van der Waals surface area contributed by atoms with E-state index in [1.807, 2.05) is 20.8 Å². The van der Waals surface area contributed by atoms with E-state index >= 15 is 0 Å². The highest BCUT2D eigenvalue weighted by Crippen LogP contribution is 2.65. The fourth-order valence-electron chi connectivity index (χ4n) is 11.8. The first kappa shape index (κ1) is 49.0. The quantitative estimate of drug-likeness (QED) is 0.136. The maximum absolute atomic E-state index is 13.1. The fourth-order valence-corrected chi connectivity index (χ4v) is 11.8. The number of rotatable bonds is 13. The number of alkyl halides is 12. The first-order valence-electron chi connectivity index (χ1n) is 21.2. The van der Waals surface area contributed by atoms with Crippen LogP contribution in [0.15, 0.2) is 0 Å². The van der Waals surface area contributed by atoms with E-state index in [9.17, 15) is 62.3 Å². The van der Waals surface area contributed by atoms with Crippen LogP contribution in [0.3, 0.4) is 0 Å². The van der Waals surface area contributed by atoms with Crippen LogP contribution in [0.5, 0.6) is 0 Å². The Hall–Kier alpha value is -1.98. The number of halogens is 12. The number of carbonyl (C=O) groups excluding carboxylic acids is 2. The van der Waals surface area contributed by atoms with Crippen LogP contribution in [0.2, 0.25) is 0 Å². The molecule has 8 fully saturated rings. The van der Waals surface area contributed by atoms with Crippen LogP contribution in [0.4, 0.5) is 52.7 Å². The normalized spacial score (nSPS) is 34.6. The van der Waals surface area contributed by atoms with E-state index < -0.39 is 84.1 Å². The molecular formula is C42H60F12O6. The number of carbonyl (C=O) groups is 2. The van der Waals surface area contributed by atoms with E-state index in [0.29, 0.717) is 29.6 Å². The van der Waals surface area contributed by atoms with E-state index in [-0.39, 0.29) is 30.1 Å². The Labute approximate surface area is 343 Å². The molecule has 2 unspecified atom stereocenters. The van der Waals surface area contributed by atoms with Crippen molar-refractivity contribution in [3.05, 3.63) is 0 Å². The largest absolute Gasteiger partial charge is 0.459 e. The molecule has 2 atom stereocenters. The molecule has 6 nitrogen and oxygen atoms in total. The van der Waals surface area contributed by atoms with E-state index in [1.54, 1.807) is 0 Å². The molecule has 0 saturated heterocycles. The van der Waals surface area contributed by atoms with Crippen LogP contribution in [-0.2, 0) is 28.5 Å². The van der Waals surface area contributed by atoms with Crippen LogP contribution in [-0.4, -0.2) is 73.3 Å². The summed E-state index contributed by atoms with van der Waals surface area (Å²) in [5.41, 5.74) is -4.97. The molecule has 0 heterocycles. The van der Waals surface area contributed by atoms with Gasteiger partial charge in [0.15, 0.2) is 0 Å². The van der Waals surface area contributed by atoms with Crippen molar-refractivity contribution in [3.63, 3.8) is 0 Å². The summed E-state index contributed by atoms with van der Waals surface area (Å²) in [6.45, 7) is 9.17. The zero-order chi connectivity index (χ0) is 45.3. The third kappa shape index (κ3) is 10.0. The van der Waals surface area contributed by atoms with Crippen molar-refractivity contribution in [2.45, 2.75) is 180 Å². The monoisotopic (exact) mass is 888 g/mol. The van der Waals surface area contributed by atoms with Crippen LogP contribution in [0.1, 0.15) is 132 Å². The zero-order valence-corrected chi connectivity index (χ0v) is 35.3. The van der Waals surface area contributed by atoms with Crippen molar-refractivity contribution in [2.24, 2.45) is 57.7 Å². The van der Waals surface area contributed by atoms with Gasteiger partial charge < -0.3 is 18.9 Å². The first-order valence-corrected chi connectivity index (χ1v) is 21.2. The second-order valence-electron chi connectivity index (χ2n) is 20.4. The van der Waals surface area contributed by atoms with Crippen molar-refractivity contribution in [1.82, 2.24) is 0 Å². The molecule has 0 aromatic heterocycles. The summed E-state index contributed by atoms with van der Waals surface area (Å²) in [5.74, 6) is 1.87. The minimum atomic E-state index is -5.62. The van der Waals surface area contributed by atoms with Gasteiger partial charge in [-0.15, -0.1) is 0 Å². The van der Waals surface area contributed by atoms with Gasteiger partial charge in [0.05, 0.1) is 24.0 Å². The highest BCUT2D eigenvalue weighted by molar-refractivity contribution is 5.77. The maximum atomic E-state index is 13.1. The Morgan fingerprint density at radius 1 is 0.533 bits per heavy atom. The van der Waals surface area contributed by atoms with Gasteiger partial charge in [0, 0.05) is 5.41 Å². The Morgan fingerprint density at radius 3 is 1.17 bits per heavy atom. The van der Waals surface area contributed by atoms with Gasteiger partial charge in [-0.2, -0.15) is 52.7 Å². The second-order valence-corrected chi connectivity index (χ2v) is 20.4. The molecule has 0 aliphatic heterocycles. The van der Waals surface area contributed by atoms with Gasteiger partial charge in [-0.25, -0.2) is 0 Å². The predicted molar refractivity (Wildman–Crippen MR) is 193 cm³/mol. The van der Waals surface area contributed by atoms with Gasteiger partial charge in [-0.1, -0.05) is 13.8 Å². The number of hydrogen-bond donors (Lipinski definition) is 0. The van der Waals surface area contributed by atoms with Crippen LogP contribution < -0.4 is 0 Å². The Morgan fingerprint density at radius 2 is 0.850 bits per heavy atom. The Balaban J connectivity index is 0.000000228. The molecule has 0 aromatic rings. The van der Waals surface area contributed by atoms with Crippen LogP contribution >= 0.6 is 0 Å². The van der Waals surface area contributed by atoms with E-state index in [4.69, 9.17) is 9.47 Å². The summed E-state index contributed by atoms with van der Waals surface area (Å²) < 4.78 is 174. The molecule has 18 heteroatoms. The van der Waals surface area contributed by atoms with Crippen molar-refractivity contribution < 1.29 is 81.2 Å². The third-order valence-electron chi connectivity index (χ3n) is 15.6. The molecule has 60 heavy (non-hydrogen) atoms. The molecule has 8 aliphatic carbocycles. The smallest absolute Gasteiger partial charge is 0.423 e. The highest BCUT2D eigenvalue weighted by Gasteiger charge is 2.63. The van der Waals surface area contributed by atoms with Gasteiger partial charge in [-0.3, -0.25) is 9.59 Å². The molecular weight excluding hydrogens is 828 g/mol. The topological polar surface area (TPSA) is 71.1 Å². The molecule has 8 saturated carbocycles. The standard InChI is InChI=1S/C22H32F6O3.C20H28F6O3/c1-5-19(4,12-30-16(21(23,24)25)22(26,27)28)17(29)31-18(2,3)20-9-13-6-14(10-20)8-15(7-13)11-20;1-4-17(2,10-28-15(19(21,22)23)20(24,25)26)16(27)29-18(3)13-6-11-5-12(8-13)9-14(18)7-11/h13-16H,5-12H2,1-4H3;11-15H,4-10H2,1-3H3. The maximum Gasteiger partial charge on any atom is 0.423 e. The van der Waals surface area contributed by atoms with E-state index in [1.165, 1.54) is 53.4 Å². The number of ether oxygens (including phenoxy) is 4. The minimum absolute atomic E-state index is 0.00489. The molecule has 8 rings (SSSR count). The number of hydrogen-bond acceptors (Lipinski definition) is 6. The SMILES string of the molecule is CCC(C)(COC(C(F)(F)F)C(F)(F)F)C(=O)OC(C)(C)C12CC3CC(CC(C3)C1)C2.CCC(C)(COC(C(F)(F)F)C(F)(F)F)C(=O)OC1(C)C2CC3CC(C2)CC1C3. The molecule has 0 spiro atoms. The zero-order valence-electron chi connectivity index (χ0n) is 35.3. The van der Waals surface area contributed by atoms with Crippen LogP contribution in [0, 0.1) is 57.7 Å². The van der Waals surface area contributed by atoms with Crippen molar-refractivity contribution in [2.75, 3.05) is 13.2 Å². The van der Waals surface area contributed by atoms with E-state index in [0.717, 1.165) is 44.9 Å². The van der Waals surface area contributed by atoms with Gasteiger partial charge in [0.2, 0.25) is 12.2 Å². The summed E-state index contributed by atoms with van der Waals surface area (Å²) in [4.78, 5) is 26.0. The average molecular weight is 889 g/mol. The Kier molecular flexibility index (Phi) is 13.5. The summed E-state index contributed by atoms with van der Waals surface area (Å²) in [6.07, 6.45) is -18.8. The lowest BCUT2D eigenvalue weighted by Crippen LogP contribution is -2.59. The molecule has 0 amide bonds. The van der Waals surface area contributed by atoms with Gasteiger partial charge in [0.1, 0.15) is 11.2 Å². The molecule has 8 aliphatic rings. The van der Waals surface area contributed by atoms with E-state index in [2.05, 4.69) is 9.47 Å². The molecule has 0 N–H and O–H groups in total. The first-order chi connectivity index (χ1) is 27.2. The van der Waals surface area contributed by atoms with Crippen LogP contribution in [0.25, 0.3) is 0 Å². The van der Waals surface area contributed by atoms with Crippen molar-refractivity contribution in [1.29, 1.82) is 0 Å². The molecule has 8 bridgehead atoms. The highest BCUT2D eigenvalue weighted by atomic mass is 19.4. The lowest BCUT2D eigenvalue weighted by Gasteiger charge is -2.61. The minimum Gasteiger partial charge on any atom is -0.459 e. The summed E-state index contributed by atoms with van der Waals surface area (Å²) in [6, 6.07) is 0. The van der Waals surface area contributed by atoms with Gasteiger partial charge >= 0.3 is 36.6 Å². The van der Waals surface area contributed by atoms with Gasteiger partial charge in [0.25, 0.3) is 0 Å². The van der Waals surface area contributed by atoms with Crippen molar-refractivity contribution in [3.8, 4) is 0 Å². The Bertz CT molecular complexity index is 1440. The molecule has 0 radical (unpaired) electrons. The van der Waals surface area contributed by atoms with Crippen molar-refractivity contribution >= 4 is 11.9 Å². The lowest BCUT2D eigenvalue weighted by atomic mass is 9.46. The molecule has 348 valence electrons. The molecule has 0 aromatic carbocycles. The summed E-state index contributed by atoms with van der Waals surface area (Å²) >= 11 is 0. The summed E-state index contributed by atoms with van der Waals surface area (Å²) in [7, 11) is 0. The number of esters is 2. The van der Waals surface area contributed by atoms with Gasteiger partial charge in [-0.05, 0) is 160 Å². The fraction of sp³-hybridized carbons (Fsp3) is 0.952. The summed E-state index contributed by atoms with van der Waals surface area (Å²) in [5, 5.41) is 0. The predicted octanol–water partition coefficient (Wildman–Crippen LogP) is 12.1. The third-order valence-corrected chi connectivity index (χ3v) is 15.6. The lowest BCUT2D eigenvalue weighted by molar-refractivity contribution is -0.326. The average Bonchev–Trinajstić information content (AvgIpc) is 3.07. The second kappa shape index (κ2) is 16.5.